The average molecular weight is 283 g/mol. The van der Waals surface area contributed by atoms with Crippen LogP contribution in [0.15, 0.2) is 18.2 Å². The summed E-state index contributed by atoms with van der Waals surface area (Å²) < 4.78 is 8.51. The average Bonchev–Trinajstić information content (AvgIpc) is 2.94. The maximum Gasteiger partial charge on any atom is 0.178 e. The number of halogens is 1. The van der Waals surface area contributed by atoms with E-state index in [1.807, 2.05) is 18.2 Å². The molecule has 0 amide bonds. The first kappa shape index (κ1) is 12.2. The van der Waals surface area contributed by atoms with E-state index in [9.17, 15) is 0 Å². The number of aromatic amines is 1. The van der Waals surface area contributed by atoms with Gasteiger partial charge in [-0.2, -0.15) is 0 Å². The van der Waals surface area contributed by atoms with Crippen LogP contribution in [0.2, 0.25) is 5.02 Å². The normalized spacial score (nSPS) is 19.7. The zero-order chi connectivity index (χ0) is 12.5. The maximum absolute atomic E-state index is 6.04. The summed E-state index contributed by atoms with van der Waals surface area (Å²) in [6.07, 6.45) is 3.73. The molecule has 0 aliphatic carbocycles. The number of ether oxygens (including phenoxy) is 1. The molecule has 1 N–H and O–H groups in total. The van der Waals surface area contributed by atoms with Gasteiger partial charge in [0.05, 0.1) is 17.1 Å². The third-order valence-electron chi connectivity index (χ3n) is 3.44. The van der Waals surface area contributed by atoms with E-state index < -0.39 is 0 Å². The van der Waals surface area contributed by atoms with Gasteiger partial charge in [0.15, 0.2) is 4.77 Å². The number of fused-ring (bicyclic) bond motifs is 1. The van der Waals surface area contributed by atoms with Crippen LogP contribution in [0, 0.1) is 4.77 Å². The molecule has 1 aromatic heterocycles. The Morgan fingerprint density at radius 3 is 3.17 bits per heavy atom. The fraction of sp³-hybridized carbons (Fsp3) is 0.462. The number of nitrogens with one attached hydrogen (secondary N) is 1. The monoisotopic (exact) mass is 282 g/mol. The molecular weight excluding hydrogens is 268 g/mol. The van der Waals surface area contributed by atoms with Crippen molar-refractivity contribution in [3.05, 3.63) is 28.0 Å². The number of hydrogen-bond donors (Lipinski definition) is 1. The molecule has 1 unspecified atom stereocenters. The summed E-state index contributed by atoms with van der Waals surface area (Å²) in [5.74, 6) is 0. The molecule has 1 atom stereocenters. The summed E-state index contributed by atoms with van der Waals surface area (Å²) in [7, 11) is 0. The Morgan fingerprint density at radius 1 is 1.50 bits per heavy atom. The highest BCUT2D eigenvalue weighted by Crippen LogP contribution is 2.21. The molecule has 2 heterocycles. The lowest BCUT2D eigenvalue weighted by molar-refractivity contribution is 0.101. The summed E-state index contributed by atoms with van der Waals surface area (Å²) in [5, 5.41) is 0.738. The molecule has 1 aliphatic heterocycles. The number of rotatable bonds is 3. The molecular formula is C13H15ClN2OS. The molecule has 0 bridgehead atoms. The molecule has 0 saturated carbocycles. The van der Waals surface area contributed by atoms with E-state index in [0.29, 0.717) is 6.10 Å². The number of aromatic nitrogens is 2. The number of imidazole rings is 1. The number of H-pyrrole nitrogens is 1. The van der Waals surface area contributed by atoms with Gasteiger partial charge in [0.25, 0.3) is 0 Å². The van der Waals surface area contributed by atoms with Gasteiger partial charge in [-0.05, 0) is 49.7 Å². The van der Waals surface area contributed by atoms with Crippen LogP contribution in [0.4, 0.5) is 0 Å². The van der Waals surface area contributed by atoms with Gasteiger partial charge in [0, 0.05) is 18.2 Å². The molecule has 3 rings (SSSR count). The Bertz CT molecular complexity index is 613. The molecule has 0 radical (unpaired) electrons. The van der Waals surface area contributed by atoms with Crippen LogP contribution in [0.25, 0.3) is 11.0 Å². The summed E-state index contributed by atoms with van der Waals surface area (Å²) in [6, 6.07) is 5.80. The van der Waals surface area contributed by atoms with Crippen LogP contribution in [-0.4, -0.2) is 22.3 Å². The minimum atomic E-state index is 0.385. The predicted octanol–water partition coefficient (Wildman–Crippen LogP) is 3.92. The number of hydrogen-bond acceptors (Lipinski definition) is 2. The lowest BCUT2D eigenvalue weighted by Crippen LogP contribution is -2.10. The van der Waals surface area contributed by atoms with Crippen LogP contribution in [0.5, 0.6) is 0 Å². The van der Waals surface area contributed by atoms with Crippen molar-refractivity contribution < 1.29 is 4.74 Å². The number of benzene rings is 1. The second-order valence-corrected chi connectivity index (χ2v) is 5.49. The van der Waals surface area contributed by atoms with E-state index in [4.69, 9.17) is 28.6 Å². The maximum atomic E-state index is 6.04. The SMILES string of the molecule is S=c1[nH]c2ccc(Cl)cc2n1CCC1CCCO1. The first-order valence-electron chi connectivity index (χ1n) is 6.24. The lowest BCUT2D eigenvalue weighted by atomic mass is 10.2. The summed E-state index contributed by atoms with van der Waals surface area (Å²) >= 11 is 11.4. The zero-order valence-electron chi connectivity index (χ0n) is 9.99. The Kier molecular flexibility index (Phi) is 3.41. The van der Waals surface area contributed by atoms with Gasteiger partial charge in [0.1, 0.15) is 0 Å². The fourth-order valence-corrected chi connectivity index (χ4v) is 2.96. The standard InChI is InChI=1S/C13H15ClN2OS/c14-9-3-4-11-12(8-9)16(13(18)15-11)6-5-10-2-1-7-17-10/h3-4,8,10H,1-2,5-7H2,(H,15,18). The molecule has 5 heteroatoms. The van der Waals surface area contributed by atoms with Crippen molar-refractivity contribution in [2.75, 3.05) is 6.61 Å². The van der Waals surface area contributed by atoms with Crippen molar-refractivity contribution in [1.29, 1.82) is 0 Å². The molecule has 1 aliphatic rings. The molecule has 1 saturated heterocycles. The highest BCUT2D eigenvalue weighted by molar-refractivity contribution is 7.71. The van der Waals surface area contributed by atoms with Gasteiger partial charge in [-0.15, -0.1) is 0 Å². The summed E-state index contributed by atoms with van der Waals surface area (Å²) in [5.41, 5.74) is 2.11. The topological polar surface area (TPSA) is 29.9 Å². The van der Waals surface area contributed by atoms with E-state index in [2.05, 4.69) is 9.55 Å². The third-order valence-corrected chi connectivity index (χ3v) is 3.99. The van der Waals surface area contributed by atoms with Gasteiger partial charge in [-0.25, -0.2) is 0 Å². The van der Waals surface area contributed by atoms with Gasteiger partial charge in [0.2, 0.25) is 0 Å². The van der Waals surface area contributed by atoms with Crippen LogP contribution >= 0.6 is 23.8 Å². The fourth-order valence-electron chi connectivity index (χ4n) is 2.49. The molecule has 2 aromatic rings. The van der Waals surface area contributed by atoms with Crippen LogP contribution in [0.3, 0.4) is 0 Å². The molecule has 18 heavy (non-hydrogen) atoms. The second-order valence-electron chi connectivity index (χ2n) is 4.67. The van der Waals surface area contributed by atoms with E-state index in [1.165, 1.54) is 6.42 Å². The molecule has 0 spiro atoms. The molecule has 96 valence electrons. The minimum Gasteiger partial charge on any atom is -0.378 e. The predicted molar refractivity (Wildman–Crippen MR) is 75.7 cm³/mol. The van der Waals surface area contributed by atoms with Crippen LogP contribution < -0.4 is 0 Å². The number of nitrogens with zero attached hydrogens (tertiary/aromatic N) is 1. The zero-order valence-corrected chi connectivity index (χ0v) is 11.6. The lowest BCUT2D eigenvalue weighted by Gasteiger charge is -2.10. The molecule has 3 nitrogen and oxygen atoms in total. The first-order valence-corrected chi connectivity index (χ1v) is 7.02. The Balaban J connectivity index is 1.87. The van der Waals surface area contributed by atoms with E-state index in [-0.39, 0.29) is 0 Å². The largest absolute Gasteiger partial charge is 0.378 e. The van der Waals surface area contributed by atoms with Crippen molar-refractivity contribution in [1.82, 2.24) is 9.55 Å². The second kappa shape index (κ2) is 5.03. The minimum absolute atomic E-state index is 0.385. The first-order chi connectivity index (χ1) is 8.74. The molecule has 1 fully saturated rings. The van der Waals surface area contributed by atoms with Crippen LogP contribution in [-0.2, 0) is 11.3 Å². The van der Waals surface area contributed by atoms with Crippen molar-refractivity contribution >= 4 is 34.9 Å². The Labute approximate surface area is 116 Å². The van der Waals surface area contributed by atoms with E-state index >= 15 is 0 Å². The Morgan fingerprint density at radius 2 is 2.39 bits per heavy atom. The number of aryl methyl sites for hydroxylation is 1. The van der Waals surface area contributed by atoms with Crippen molar-refractivity contribution in [2.24, 2.45) is 0 Å². The van der Waals surface area contributed by atoms with Gasteiger partial charge < -0.3 is 14.3 Å². The smallest absolute Gasteiger partial charge is 0.178 e. The Hall–Kier alpha value is -0.840. The summed E-state index contributed by atoms with van der Waals surface area (Å²) in [4.78, 5) is 3.21. The van der Waals surface area contributed by atoms with Crippen molar-refractivity contribution in [3.63, 3.8) is 0 Å². The highest BCUT2D eigenvalue weighted by atomic mass is 35.5. The van der Waals surface area contributed by atoms with E-state index in [0.717, 1.165) is 46.8 Å². The van der Waals surface area contributed by atoms with Gasteiger partial charge in [-0.1, -0.05) is 11.6 Å². The third kappa shape index (κ3) is 2.32. The quantitative estimate of drug-likeness (QED) is 0.865. The van der Waals surface area contributed by atoms with Crippen molar-refractivity contribution in [3.8, 4) is 0 Å². The van der Waals surface area contributed by atoms with Crippen LogP contribution in [0.1, 0.15) is 19.3 Å². The van der Waals surface area contributed by atoms with E-state index in [1.54, 1.807) is 0 Å². The van der Waals surface area contributed by atoms with Gasteiger partial charge >= 0.3 is 0 Å². The highest BCUT2D eigenvalue weighted by Gasteiger charge is 2.16. The van der Waals surface area contributed by atoms with Crippen molar-refractivity contribution in [2.45, 2.75) is 31.9 Å². The summed E-state index contributed by atoms with van der Waals surface area (Å²) in [6.45, 7) is 1.78. The van der Waals surface area contributed by atoms with Gasteiger partial charge in [-0.3, -0.25) is 0 Å². The molecule has 1 aromatic carbocycles.